The summed E-state index contributed by atoms with van der Waals surface area (Å²) in [6.07, 6.45) is 2.78. The monoisotopic (exact) mass is 383 g/mol. The lowest BCUT2D eigenvalue weighted by Crippen LogP contribution is -2.14. The van der Waals surface area contributed by atoms with Crippen LogP contribution in [0.4, 0.5) is 17.2 Å². The number of hydrogen-bond acceptors (Lipinski definition) is 5. The molecule has 3 rings (SSSR count). The van der Waals surface area contributed by atoms with Crippen molar-refractivity contribution in [3.05, 3.63) is 76.2 Å². The Morgan fingerprint density at radius 2 is 1.81 bits per heavy atom. The van der Waals surface area contributed by atoms with E-state index in [9.17, 15) is 4.79 Å². The van der Waals surface area contributed by atoms with Crippen molar-refractivity contribution in [3.63, 3.8) is 0 Å². The fraction of sp³-hybridized carbons (Fsp3) is 0. The SMILES string of the molecule is N#Cc1ccc(NC(=O)c2cnc(Nc3ccc(Cl)cc3Cl)cn2)cc1. The predicted octanol–water partition coefficient (Wildman–Crippen LogP) is 4.65. The Morgan fingerprint density at radius 1 is 1.04 bits per heavy atom. The summed E-state index contributed by atoms with van der Waals surface area (Å²) in [5, 5.41) is 15.4. The van der Waals surface area contributed by atoms with E-state index in [0.29, 0.717) is 32.8 Å². The van der Waals surface area contributed by atoms with Crippen molar-refractivity contribution in [3.8, 4) is 6.07 Å². The van der Waals surface area contributed by atoms with Crippen molar-refractivity contribution < 1.29 is 4.79 Å². The number of carbonyl (C=O) groups excluding carboxylic acids is 1. The molecule has 0 radical (unpaired) electrons. The number of aromatic nitrogens is 2. The molecule has 1 amide bonds. The summed E-state index contributed by atoms with van der Waals surface area (Å²) in [7, 11) is 0. The zero-order valence-electron chi connectivity index (χ0n) is 13.2. The average molecular weight is 384 g/mol. The summed E-state index contributed by atoms with van der Waals surface area (Å²) in [6, 6.07) is 13.6. The zero-order chi connectivity index (χ0) is 18.5. The number of halogens is 2. The molecule has 6 nitrogen and oxygen atoms in total. The van der Waals surface area contributed by atoms with Gasteiger partial charge in [0.15, 0.2) is 0 Å². The van der Waals surface area contributed by atoms with E-state index in [4.69, 9.17) is 28.5 Å². The number of nitrogens with zero attached hydrogens (tertiary/aromatic N) is 3. The van der Waals surface area contributed by atoms with Crippen molar-refractivity contribution >= 4 is 46.3 Å². The molecule has 0 fully saturated rings. The van der Waals surface area contributed by atoms with E-state index in [0.717, 1.165) is 0 Å². The van der Waals surface area contributed by atoms with Crippen LogP contribution >= 0.6 is 23.2 Å². The van der Waals surface area contributed by atoms with Crippen molar-refractivity contribution in [1.82, 2.24) is 9.97 Å². The van der Waals surface area contributed by atoms with Crippen LogP contribution < -0.4 is 10.6 Å². The first-order valence-electron chi connectivity index (χ1n) is 7.41. The largest absolute Gasteiger partial charge is 0.338 e. The van der Waals surface area contributed by atoms with Crippen LogP contribution in [-0.4, -0.2) is 15.9 Å². The van der Waals surface area contributed by atoms with E-state index in [-0.39, 0.29) is 5.69 Å². The highest BCUT2D eigenvalue weighted by atomic mass is 35.5. The van der Waals surface area contributed by atoms with E-state index in [1.165, 1.54) is 12.4 Å². The number of benzene rings is 2. The Hall–Kier alpha value is -3.14. The molecule has 0 atom stereocenters. The minimum absolute atomic E-state index is 0.155. The van der Waals surface area contributed by atoms with Crippen LogP contribution in [0.25, 0.3) is 0 Å². The predicted molar refractivity (Wildman–Crippen MR) is 101 cm³/mol. The van der Waals surface area contributed by atoms with Crippen LogP contribution in [0.2, 0.25) is 10.0 Å². The van der Waals surface area contributed by atoms with E-state index in [1.54, 1.807) is 42.5 Å². The number of rotatable bonds is 4. The van der Waals surface area contributed by atoms with E-state index >= 15 is 0 Å². The van der Waals surface area contributed by atoms with E-state index < -0.39 is 5.91 Å². The van der Waals surface area contributed by atoms with Gasteiger partial charge >= 0.3 is 0 Å². The molecule has 3 aromatic rings. The minimum Gasteiger partial charge on any atom is -0.338 e. The Balaban J connectivity index is 1.68. The molecule has 0 aliphatic heterocycles. The molecule has 1 aromatic heterocycles. The van der Waals surface area contributed by atoms with Gasteiger partial charge < -0.3 is 10.6 Å². The van der Waals surface area contributed by atoms with E-state index in [2.05, 4.69) is 20.6 Å². The third-order valence-corrected chi connectivity index (χ3v) is 3.90. The van der Waals surface area contributed by atoms with Gasteiger partial charge in [0.1, 0.15) is 11.5 Å². The van der Waals surface area contributed by atoms with Gasteiger partial charge in [0.05, 0.1) is 34.7 Å². The lowest BCUT2D eigenvalue weighted by atomic mass is 10.2. The molecule has 2 N–H and O–H groups in total. The number of carbonyl (C=O) groups is 1. The normalized spacial score (nSPS) is 10.0. The van der Waals surface area contributed by atoms with Crippen LogP contribution in [0.3, 0.4) is 0 Å². The summed E-state index contributed by atoms with van der Waals surface area (Å²) in [5.74, 6) is 0.0300. The van der Waals surface area contributed by atoms with Gasteiger partial charge in [-0.15, -0.1) is 0 Å². The summed E-state index contributed by atoms with van der Waals surface area (Å²) in [5.41, 5.74) is 1.85. The van der Waals surface area contributed by atoms with Crippen molar-refractivity contribution in [2.45, 2.75) is 0 Å². The van der Waals surface area contributed by atoms with Gasteiger partial charge in [-0.1, -0.05) is 23.2 Å². The van der Waals surface area contributed by atoms with Crippen LogP contribution in [0, 0.1) is 11.3 Å². The molecule has 1 heterocycles. The van der Waals surface area contributed by atoms with Crippen LogP contribution in [-0.2, 0) is 0 Å². The van der Waals surface area contributed by atoms with Gasteiger partial charge in [-0.25, -0.2) is 9.97 Å². The highest BCUT2D eigenvalue weighted by Crippen LogP contribution is 2.27. The van der Waals surface area contributed by atoms with Crippen LogP contribution in [0.1, 0.15) is 16.1 Å². The Kier molecular flexibility index (Phi) is 5.32. The first-order valence-corrected chi connectivity index (χ1v) is 8.16. The summed E-state index contributed by atoms with van der Waals surface area (Å²) < 4.78 is 0. The second-order valence-corrected chi connectivity index (χ2v) is 6.02. The molecule has 8 heteroatoms. The first kappa shape index (κ1) is 17.7. The lowest BCUT2D eigenvalue weighted by molar-refractivity contribution is 0.102. The topological polar surface area (TPSA) is 90.7 Å². The Morgan fingerprint density at radius 3 is 2.42 bits per heavy atom. The quantitative estimate of drug-likeness (QED) is 0.683. The number of anilines is 3. The number of amides is 1. The maximum Gasteiger partial charge on any atom is 0.275 e. The van der Waals surface area contributed by atoms with Gasteiger partial charge in [-0.05, 0) is 42.5 Å². The second kappa shape index (κ2) is 7.83. The summed E-state index contributed by atoms with van der Waals surface area (Å²) in [4.78, 5) is 20.4. The highest BCUT2D eigenvalue weighted by Gasteiger charge is 2.09. The standard InChI is InChI=1S/C18H11Cl2N5O/c19-12-3-6-15(14(20)7-12)25-17-10-22-16(9-23-17)18(26)24-13-4-1-11(8-21)2-5-13/h1-7,9-10H,(H,23,25)(H,24,26). The molecule has 0 bridgehead atoms. The Bertz CT molecular complexity index is 982. The van der Waals surface area contributed by atoms with Gasteiger partial charge in [0.2, 0.25) is 0 Å². The Labute approximate surface area is 159 Å². The molecule has 0 aliphatic carbocycles. The van der Waals surface area contributed by atoms with Crippen LogP contribution in [0.5, 0.6) is 0 Å². The number of hydrogen-bond donors (Lipinski definition) is 2. The molecular formula is C18H11Cl2N5O. The molecule has 26 heavy (non-hydrogen) atoms. The number of nitrogens with one attached hydrogen (secondary N) is 2. The number of nitriles is 1. The molecule has 0 spiro atoms. The van der Waals surface area contributed by atoms with Gasteiger partial charge in [0, 0.05) is 10.7 Å². The zero-order valence-corrected chi connectivity index (χ0v) is 14.7. The fourth-order valence-corrected chi connectivity index (χ4v) is 2.52. The maximum atomic E-state index is 12.2. The minimum atomic E-state index is -0.404. The lowest BCUT2D eigenvalue weighted by Gasteiger charge is -2.08. The smallest absolute Gasteiger partial charge is 0.275 e. The van der Waals surface area contributed by atoms with E-state index in [1.807, 2.05) is 6.07 Å². The molecule has 0 unspecified atom stereocenters. The highest BCUT2D eigenvalue weighted by molar-refractivity contribution is 6.36. The van der Waals surface area contributed by atoms with Gasteiger partial charge in [-0.3, -0.25) is 4.79 Å². The molecule has 2 aromatic carbocycles. The second-order valence-electron chi connectivity index (χ2n) is 5.18. The molecule has 128 valence electrons. The maximum absolute atomic E-state index is 12.2. The molecule has 0 saturated heterocycles. The third kappa shape index (κ3) is 4.28. The summed E-state index contributed by atoms with van der Waals surface area (Å²) in [6.45, 7) is 0. The van der Waals surface area contributed by atoms with Crippen molar-refractivity contribution in [2.24, 2.45) is 0 Å². The van der Waals surface area contributed by atoms with Crippen molar-refractivity contribution in [2.75, 3.05) is 10.6 Å². The molecule has 0 saturated carbocycles. The first-order chi connectivity index (χ1) is 12.5. The molecule has 0 aliphatic rings. The summed E-state index contributed by atoms with van der Waals surface area (Å²) >= 11 is 12.0. The average Bonchev–Trinajstić information content (AvgIpc) is 2.65. The van der Waals surface area contributed by atoms with Crippen molar-refractivity contribution in [1.29, 1.82) is 5.26 Å². The third-order valence-electron chi connectivity index (χ3n) is 3.35. The van der Waals surface area contributed by atoms with Crippen LogP contribution in [0.15, 0.2) is 54.9 Å². The van der Waals surface area contributed by atoms with Gasteiger partial charge in [0.25, 0.3) is 5.91 Å². The van der Waals surface area contributed by atoms with Gasteiger partial charge in [-0.2, -0.15) is 5.26 Å². The molecular weight excluding hydrogens is 373 g/mol. The fourth-order valence-electron chi connectivity index (χ4n) is 2.06.